The van der Waals surface area contributed by atoms with E-state index in [1.54, 1.807) is 25.3 Å². The van der Waals surface area contributed by atoms with Crippen LogP contribution in [0.5, 0.6) is 5.75 Å². The fourth-order valence-corrected chi connectivity index (χ4v) is 2.41. The molecule has 1 heterocycles. The van der Waals surface area contributed by atoms with Crippen molar-refractivity contribution < 1.29 is 14.6 Å². The molecule has 1 N–H and O–H groups in total. The summed E-state index contributed by atoms with van der Waals surface area (Å²) in [7, 11) is 1.59. The maximum atomic E-state index is 10.1. The zero-order chi connectivity index (χ0) is 12.3. The summed E-state index contributed by atoms with van der Waals surface area (Å²) in [4.78, 5) is 0. The van der Waals surface area contributed by atoms with Crippen LogP contribution in [0.2, 0.25) is 5.02 Å². The Morgan fingerprint density at radius 2 is 2.41 bits per heavy atom. The van der Waals surface area contributed by atoms with Crippen LogP contribution in [0.4, 0.5) is 0 Å². The third-order valence-electron chi connectivity index (χ3n) is 3.08. The van der Waals surface area contributed by atoms with Gasteiger partial charge >= 0.3 is 0 Å². The molecule has 0 spiro atoms. The molecule has 0 saturated carbocycles. The summed E-state index contributed by atoms with van der Waals surface area (Å²) in [5, 5.41) is 10.7. The number of hydrogen-bond donors (Lipinski definition) is 1. The van der Waals surface area contributed by atoms with E-state index < -0.39 is 6.10 Å². The number of ether oxygens (including phenoxy) is 2. The SMILES string of the molecule is COc1ccc(C(O)CC2CCCO2)c(Cl)c1. The van der Waals surface area contributed by atoms with E-state index in [2.05, 4.69) is 0 Å². The first-order valence-corrected chi connectivity index (χ1v) is 6.21. The molecule has 0 aliphatic carbocycles. The van der Waals surface area contributed by atoms with E-state index in [1.165, 1.54) is 0 Å². The number of aliphatic hydroxyl groups excluding tert-OH is 1. The van der Waals surface area contributed by atoms with E-state index in [1.807, 2.05) is 0 Å². The van der Waals surface area contributed by atoms with Gasteiger partial charge < -0.3 is 14.6 Å². The van der Waals surface area contributed by atoms with Gasteiger partial charge in [-0.1, -0.05) is 17.7 Å². The second kappa shape index (κ2) is 5.71. The number of methoxy groups -OCH3 is 1. The minimum atomic E-state index is -0.573. The Kier molecular flexibility index (Phi) is 4.26. The van der Waals surface area contributed by atoms with Crippen LogP contribution < -0.4 is 4.74 Å². The molecule has 1 aromatic carbocycles. The summed E-state index contributed by atoms with van der Waals surface area (Å²) in [5.74, 6) is 0.697. The van der Waals surface area contributed by atoms with Crippen LogP contribution >= 0.6 is 11.6 Å². The quantitative estimate of drug-likeness (QED) is 0.900. The topological polar surface area (TPSA) is 38.7 Å². The third-order valence-corrected chi connectivity index (χ3v) is 3.40. The first kappa shape index (κ1) is 12.7. The molecule has 94 valence electrons. The molecule has 3 nitrogen and oxygen atoms in total. The lowest BCUT2D eigenvalue weighted by molar-refractivity contribution is 0.0535. The Balaban J connectivity index is 2.04. The van der Waals surface area contributed by atoms with Gasteiger partial charge in [0.1, 0.15) is 5.75 Å². The smallest absolute Gasteiger partial charge is 0.120 e. The Labute approximate surface area is 106 Å². The van der Waals surface area contributed by atoms with Crippen molar-refractivity contribution in [3.05, 3.63) is 28.8 Å². The predicted molar refractivity (Wildman–Crippen MR) is 66.6 cm³/mol. The molecule has 2 rings (SSSR count). The summed E-state index contributed by atoms with van der Waals surface area (Å²) in [6.07, 6.45) is 2.28. The molecule has 1 saturated heterocycles. The molecule has 17 heavy (non-hydrogen) atoms. The van der Waals surface area contributed by atoms with Gasteiger partial charge in [0.15, 0.2) is 0 Å². The summed E-state index contributed by atoms with van der Waals surface area (Å²) in [5.41, 5.74) is 0.739. The van der Waals surface area contributed by atoms with Gasteiger partial charge in [-0.3, -0.25) is 0 Å². The molecule has 0 aromatic heterocycles. The van der Waals surface area contributed by atoms with Crippen LogP contribution in [0.15, 0.2) is 18.2 Å². The zero-order valence-corrected chi connectivity index (χ0v) is 10.6. The van der Waals surface area contributed by atoms with E-state index in [0.29, 0.717) is 17.2 Å². The largest absolute Gasteiger partial charge is 0.497 e. The van der Waals surface area contributed by atoms with Crippen LogP contribution in [0.3, 0.4) is 0 Å². The van der Waals surface area contributed by atoms with Crippen molar-refractivity contribution >= 4 is 11.6 Å². The van der Waals surface area contributed by atoms with E-state index in [9.17, 15) is 5.11 Å². The average molecular weight is 257 g/mol. The first-order valence-electron chi connectivity index (χ1n) is 5.84. The van der Waals surface area contributed by atoms with Gasteiger partial charge in [0.2, 0.25) is 0 Å². The van der Waals surface area contributed by atoms with Crippen molar-refractivity contribution in [1.82, 2.24) is 0 Å². The highest BCUT2D eigenvalue weighted by Gasteiger charge is 2.21. The molecule has 1 aliphatic heterocycles. The highest BCUT2D eigenvalue weighted by molar-refractivity contribution is 6.31. The summed E-state index contributed by atoms with van der Waals surface area (Å²) in [6, 6.07) is 5.33. The van der Waals surface area contributed by atoms with Gasteiger partial charge in [0, 0.05) is 13.0 Å². The van der Waals surface area contributed by atoms with E-state index in [-0.39, 0.29) is 6.10 Å². The summed E-state index contributed by atoms with van der Waals surface area (Å²) in [6.45, 7) is 0.799. The Bertz CT molecular complexity index is 375. The standard InChI is InChI=1S/C13H17ClO3/c1-16-9-4-5-11(12(14)7-9)13(15)8-10-3-2-6-17-10/h4-5,7,10,13,15H,2-3,6,8H2,1H3. The van der Waals surface area contributed by atoms with E-state index >= 15 is 0 Å². The van der Waals surface area contributed by atoms with Gasteiger partial charge in [-0.15, -0.1) is 0 Å². The molecule has 2 atom stereocenters. The molecule has 4 heteroatoms. The zero-order valence-electron chi connectivity index (χ0n) is 9.86. The number of halogens is 1. The minimum absolute atomic E-state index is 0.156. The van der Waals surface area contributed by atoms with Crippen molar-refractivity contribution in [1.29, 1.82) is 0 Å². The molecule has 1 aromatic rings. The van der Waals surface area contributed by atoms with Crippen molar-refractivity contribution in [3.63, 3.8) is 0 Å². The lowest BCUT2D eigenvalue weighted by Crippen LogP contribution is -2.11. The maximum Gasteiger partial charge on any atom is 0.120 e. The van der Waals surface area contributed by atoms with Crippen LogP contribution in [0.25, 0.3) is 0 Å². The Morgan fingerprint density at radius 1 is 1.59 bits per heavy atom. The van der Waals surface area contributed by atoms with Crippen LogP contribution in [0, 0.1) is 0 Å². The van der Waals surface area contributed by atoms with Gasteiger partial charge in [-0.05, 0) is 30.5 Å². The Hall–Kier alpha value is -0.770. The van der Waals surface area contributed by atoms with Gasteiger partial charge in [0.05, 0.1) is 24.3 Å². The lowest BCUT2D eigenvalue weighted by Gasteiger charge is -2.17. The molecule has 0 radical (unpaired) electrons. The molecule has 2 unspecified atom stereocenters. The normalized spacial score (nSPS) is 21.5. The highest BCUT2D eigenvalue weighted by Crippen LogP contribution is 2.31. The average Bonchev–Trinajstić information content (AvgIpc) is 2.81. The fraction of sp³-hybridized carbons (Fsp3) is 0.538. The second-order valence-corrected chi connectivity index (χ2v) is 4.68. The van der Waals surface area contributed by atoms with Crippen molar-refractivity contribution in [3.8, 4) is 5.75 Å². The number of aliphatic hydroxyl groups is 1. The van der Waals surface area contributed by atoms with Crippen molar-refractivity contribution in [2.75, 3.05) is 13.7 Å². The number of benzene rings is 1. The number of rotatable bonds is 4. The van der Waals surface area contributed by atoms with Crippen LogP contribution in [0.1, 0.15) is 30.9 Å². The first-order chi connectivity index (χ1) is 8.20. The molecule has 0 bridgehead atoms. The van der Waals surface area contributed by atoms with Crippen molar-refractivity contribution in [2.45, 2.75) is 31.5 Å². The monoisotopic (exact) mass is 256 g/mol. The minimum Gasteiger partial charge on any atom is -0.497 e. The van der Waals surface area contributed by atoms with Gasteiger partial charge in [-0.2, -0.15) is 0 Å². The van der Waals surface area contributed by atoms with Crippen LogP contribution in [-0.2, 0) is 4.74 Å². The van der Waals surface area contributed by atoms with E-state index in [4.69, 9.17) is 21.1 Å². The Morgan fingerprint density at radius 3 is 3.00 bits per heavy atom. The molecule has 1 aliphatic rings. The van der Waals surface area contributed by atoms with Gasteiger partial charge in [-0.25, -0.2) is 0 Å². The fourth-order valence-electron chi connectivity index (χ4n) is 2.11. The second-order valence-electron chi connectivity index (χ2n) is 4.27. The molecular weight excluding hydrogens is 240 g/mol. The maximum absolute atomic E-state index is 10.1. The predicted octanol–water partition coefficient (Wildman–Crippen LogP) is 2.95. The molecule has 0 amide bonds. The summed E-state index contributed by atoms with van der Waals surface area (Å²) >= 11 is 6.11. The molecule has 1 fully saturated rings. The highest BCUT2D eigenvalue weighted by atomic mass is 35.5. The number of hydrogen-bond acceptors (Lipinski definition) is 3. The lowest BCUT2D eigenvalue weighted by atomic mass is 10.0. The summed E-state index contributed by atoms with van der Waals surface area (Å²) < 4.78 is 10.6. The van der Waals surface area contributed by atoms with Crippen molar-refractivity contribution in [2.24, 2.45) is 0 Å². The van der Waals surface area contributed by atoms with E-state index in [0.717, 1.165) is 25.0 Å². The van der Waals surface area contributed by atoms with Crippen LogP contribution in [-0.4, -0.2) is 24.9 Å². The molecular formula is C13H17ClO3. The van der Waals surface area contributed by atoms with Gasteiger partial charge in [0.25, 0.3) is 0 Å². The third kappa shape index (κ3) is 3.12.